The van der Waals surface area contributed by atoms with Crippen LogP contribution < -0.4 is 5.32 Å². The van der Waals surface area contributed by atoms with Gasteiger partial charge in [-0.25, -0.2) is 4.39 Å². The van der Waals surface area contributed by atoms with Crippen molar-refractivity contribution in [3.63, 3.8) is 0 Å². The third-order valence-corrected chi connectivity index (χ3v) is 3.52. The smallest absolute Gasteiger partial charge is 0.126 e. The van der Waals surface area contributed by atoms with E-state index in [0.717, 1.165) is 15.7 Å². The van der Waals surface area contributed by atoms with Crippen molar-refractivity contribution in [2.24, 2.45) is 0 Å². The molecule has 0 bridgehead atoms. The predicted molar refractivity (Wildman–Crippen MR) is 77.3 cm³/mol. The number of halogens is 2. The third-order valence-electron chi connectivity index (χ3n) is 2.83. The number of aryl methyl sites for hydroxylation is 2. The van der Waals surface area contributed by atoms with Gasteiger partial charge in [-0.3, -0.25) is 0 Å². The van der Waals surface area contributed by atoms with Gasteiger partial charge in [0.1, 0.15) is 5.82 Å². The van der Waals surface area contributed by atoms with Gasteiger partial charge in [0.2, 0.25) is 0 Å². The van der Waals surface area contributed by atoms with Gasteiger partial charge in [-0.2, -0.15) is 0 Å². The van der Waals surface area contributed by atoms with E-state index in [1.165, 1.54) is 11.6 Å². The van der Waals surface area contributed by atoms with Crippen LogP contribution in [0.1, 0.15) is 16.7 Å². The zero-order valence-electron chi connectivity index (χ0n) is 10.4. The summed E-state index contributed by atoms with van der Waals surface area (Å²) in [7, 11) is 0. The maximum atomic E-state index is 13.2. The highest BCUT2D eigenvalue weighted by Gasteiger charge is 2.02. The summed E-state index contributed by atoms with van der Waals surface area (Å²) < 4.78 is 14.2. The van der Waals surface area contributed by atoms with Crippen molar-refractivity contribution in [1.29, 1.82) is 0 Å². The molecule has 0 spiro atoms. The average Bonchev–Trinajstić information content (AvgIpc) is 2.34. The molecule has 0 aliphatic carbocycles. The van der Waals surface area contributed by atoms with Gasteiger partial charge < -0.3 is 5.32 Å². The van der Waals surface area contributed by atoms with Gasteiger partial charge in [0.05, 0.1) is 0 Å². The fourth-order valence-corrected chi connectivity index (χ4v) is 2.18. The van der Waals surface area contributed by atoms with Gasteiger partial charge in [0.25, 0.3) is 0 Å². The van der Waals surface area contributed by atoms with Gasteiger partial charge in [-0.1, -0.05) is 18.2 Å². The van der Waals surface area contributed by atoms with Crippen LogP contribution in [0.2, 0.25) is 0 Å². The number of hydrogen-bond acceptors (Lipinski definition) is 1. The Hall–Kier alpha value is -1.35. The molecule has 18 heavy (non-hydrogen) atoms. The normalized spacial score (nSPS) is 10.4. The molecule has 0 saturated heterocycles. The Kier molecular flexibility index (Phi) is 4.02. The van der Waals surface area contributed by atoms with Gasteiger partial charge in [0, 0.05) is 16.7 Å². The van der Waals surface area contributed by atoms with Crippen LogP contribution in [0.25, 0.3) is 0 Å². The highest BCUT2D eigenvalue weighted by molar-refractivity contribution is 9.10. The lowest BCUT2D eigenvalue weighted by Gasteiger charge is -2.10. The lowest BCUT2D eigenvalue weighted by Crippen LogP contribution is -2.01. The van der Waals surface area contributed by atoms with Crippen molar-refractivity contribution in [2.45, 2.75) is 20.4 Å². The third kappa shape index (κ3) is 3.10. The molecule has 1 nitrogen and oxygen atoms in total. The average molecular weight is 308 g/mol. The van der Waals surface area contributed by atoms with E-state index < -0.39 is 0 Å². The van der Waals surface area contributed by atoms with Crippen LogP contribution in [-0.2, 0) is 6.54 Å². The minimum atomic E-state index is -0.157. The van der Waals surface area contributed by atoms with Gasteiger partial charge in [-0.15, -0.1) is 0 Å². The summed E-state index contributed by atoms with van der Waals surface area (Å²) in [5, 5.41) is 3.35. The fraction of sp³-hybridized carbons (Fsp3) is 0.200. The van der Waals surface area contributed by atoms with E-state index in [4.69, 9.17) is 0 Å². The Labute approximate surface area is 115 Å². The molecule has 2 aromatic carbocycles. The second-order valence-electron chi connectivity index (χ2n) is 4.42. The lowest BCUT2D eigenvalue weighted by molar-refractivity contribution is 0.617. The van der Waals surface area contributed by atoms with E-state index in [-0.39, 0.29) is 5.82 Å². The van der Waals surface area contributed by atoms with Gasteiger partial charge in [-0.05, 0) is 64.7 Å². The van der Waals surface area contributed by atoms with Crippen LogP contribution in [0.15, 0.2) is 40.9 Å². The Bertz CT molecular complexity index is 566. The molecule has 0 unspecified atom stereocenters. The second kappa shape index (κ2) is 5.53. The van der Waals surface area contributed by atoms with E-state index >= 15 is 0 Å². The summed E-state index contributed by atoms with van der Waals surface area (Å²) in [5.74, 6) is -0.157. The van der Waals surface area contributed by atoms with Crippen LogP contribution in [0.5, 0.6) is 0 Å². The molecule has 0 aromatic heterocycles. The number of rotatable bonds is 3. The molecule has 0 fully saturated rings. The van der Waals surface area contributed by atoms with Crippen molar-refractivity contribution in [3.05, 3.63) is 63.4 Å². The quantitative estimate of drug-likeness (QED) is 0.857. The summed E-state index contributed by atoms with van der Waals surface area (Å²) in [6.07, 6.45) is 0. The van der Waals surface area contributed by atoms with Crippen molar-refractivity contribution in [1.82, 2.24) is 0 Å². The zero-order chi connectivity index (χ0) is 13.1. The molecular weight excluding hydrogens is 293 g/mol. The first kappa shape index (κ1) is 13.1. The SMILES string of the molecule is Cc1ccc(Br)c(NCc2ccc(F)c(C)c2)c1. The fourth-order valence-electron chi connectivity index (χ4n) is 1.79. The molecule has 0 aliphatic rings. The Morgan fingerprint density at radius 1 is 1.11 bits per heavy atom. The number of nitrogens with one attached hydrogen (secondary N) is 1. The highest BCUT2D eigenvalue weighted by Crippen LogP contribution is 2.24. The monoisotopic (exact) mass is 307 g/mol. The minimum Gasteiger partial charge on any atom is -0.380 e. The first-order valence-electron chi connectivity index (χ1n) is 5.81. The van der Waals surface area contributed by atoms with Crippen molar-refractivity contribution < 1.29 is 4.39 Å². The standard InChI is InChI=1S/C15H15BrFN/c1-10-3-5-13(16)15(7-10)18-9-12-4-6-14(17)11(2)8-12/h3-8,18H,9H2,1-2H3. The lowest BCUT2D eigenvalue weighted by atomic mass is 10.1. The zero-order valence-corrected chi connectivity index (χ0v) is 12.0. The molecule has 3 heteroatoms. The summed E-state index contributed by atoms with van der Waals surface area (Å²) in [5.41, 5.74) is 4.01. The highest BCUT2D eigenvalue weighted by atomic mass is 79.9. The van der Waals surface area contributed by atoms with Crippen LogP contribution in [0.4, 0.5) is 10.1 Å². The van der Waals surface area contributed by atoms with E-state index in [1.807, 2.05) is 12.1 Å². The van der Waals surface area contributed by atoms with Crippen LogP contribution >= 0.6 is 15.9 Å². The molecule has 0 amide bonds. The van der Waals surface area contributed by atoms with Crippen molar-refractivity contribution in [3.8, 4) is 0 Å². The maximum absolute atomic E-state index is 13.2. The molecule has 2 aromatic rings. The van der Waals surface area contributed by atoms with Crippen molar-refractivity contribution in [2.75, 3.05) is 5.32 Å². The van der Waals surface area contributed by atoms with E-state index in [9.17, 15) is 4.39 Å². The first-order chi connectivity index (χ1) is 8.56. The van der Waals surface area contributed by atoms with E-state index in [2.05, 4.69) is 40.3 Å². The number of anilines is 1. The molecular formula is C15H15BrFN. The van der Waals surface area contributed by atoms with Crippen molar-refractivity contribution >= 4 is 21.6 Å². The Morgan fingerprint density at radius 2 is 1.89 bits per heavy atom. The summed E-state index contributed by atoms with van der Waals surface area (Å²) >= 11 is 3.51. The molecule has 1 N–H and O–H groups in total. The summed E-state index contributed by atoms with van der Waals surface area (Å²) in [4.78, 5) is 0. The van der Waals surface area contributed by atoms with E-state index in [1.54, 1.807) is 13.0 Å². The molecule has 0 heterocycles. The molecule has 2 rings (SSSR count). The topological polar surface area (TPSA) is 12.0 Å². The predicted octanol–water partition coefficient (Wildman–Crippen LogP) is 4.82. The van der Waals surface area contributed by atoms with Crippen LogP contribution in [0, 0.1) is 19.7 Å². The molecule has 94 valence electrons. The second-order valence-corrected chi connectivity index (χ2v) is 5.27. The minimum absolute atomic E-state index is 0.157. The number of hydrogen-bond donors (Lipinski definition) is 1. The summed E-state index contributed by atoms with van der Waals surface area (Å²) in [6, 6.07) is 11.3. The Morgan fingerprint density at radius 3 is 2.61 bits per heavy atom. The first-order valence-corrected chi connectivity index (χ1v) is 6.60. The maximum Gasteiger partial charge on any atom is 0.126 e. The molecule has 0 radical (unpaired) electrons. The van der Waals surface area contributed by atoms with Crippen LogP contribution in [0.3, 0.4) is 0 Å². The van der Waals surface area contributed by atoms with Gasteiger partial charge >= 0.3 is 0 Å². The number of benzene rings is 2. The molecule has 0 saturated carbocycles. The largest absolute Gasteiger partial charge is 0.380 e. The molecule has 0 aliphatic heterocycles. The molecule has 0 atom stereocenters. The Balaban J connectivity index is 2.11. The summed E-state index contributed by atoms with van der Waals surface area (Å²) in [6.45, 7) is 4.52. The van der Waals surface area contributed by atoms with E-state index in [0.29, 0.717) is 12.1 Å². The van der Waals surface area contributed by atoms with Crippen LogP contribution in [-0.4, -0.2) is 0 Å². The van der Waals surface area contributed by atoms with Gasteiger partial charge in [0.15, 0.2) is 0 Å².